The molecule has 112 valence electrons. The third-order valence-corrected chi connectivity index (χ3v) is 3.39. The van der Waals surface area contributed by atoms with E-state index < -0.39 is 5.97 Å². The number of hydrogen-bond acceptors (Lipinski definition) is 3. The molecule has 4 nitrogen and oxygen atoms in total. The van der Waals surface area contributed by atoms with E-state index in [1.54, 1.807) is 48.5 Å². The third kappa shape index (κ3) is 4.56. The van der Waals surface area contributed by atoms with Gasteiger partial charge in [0.05, 0.1) is 5.56 Å². The zero-order chi connectivity index (χ0) is 15.9. The summed E-state index contributed by atoms with van der Waals surface area (Å²) in [5.74, 6) is -0.182. The van der Waals surface area contributed by atoms with Crippen LogP contribution in [0.25, 0.3) is 0 Å². The number of esters is 1. The standard InChI is InChI=1S/C17H14BrNO3/c1-2-16(20)19-11-12-3-5-13(6-4-12)17(21)22-15-9-7-14(18)8-10-15/h2-10H,1,11H2,(H,19,20). The Balaban J connectivity index is 1.97. The summed E-state index contributed by atoms with van der Waals surface area (Å²) in [6.45, 7) is 3.76. The molecule has 0 unspecified atom stereocenters. The van der Waals surface area contributed by atoms with Crippen LogP contribution in [0.2, 0.25) is 0 Å². The van der Waals surface area contributed by atoms with Crippen LogP contribution in [0, 0.1) is 0 Å². The van der Waals surface area contributed by atoms with Crippen LogP contribution in [0.4, 0.5) is 0 Å². The molecule has 2 aromatic rings. The molecule has 22 heavy (non-hydrogen) atoms. The van der Waals surface area contributed by atoms with Crippen LogP contribution in [-0.4, -0.2) is 11.9 Å². The van der Waals surface area contributed by atoms with E-state index in [-0.39, 0.29) is 5.91 Å². The fourth-order valence-corrected chi connectivity index (χ4v) is 1.95. The topological polar surface area (TPSA) is 55.4 Å². The molecule has 0 saturated heterocycles. The maximum absolute atomic E-state index is 12.0. The van der Waals surface area contributed by atoms with E-state index in [9.17, 15) is 9.59 Å². The summed E-state index contributed by atoms with van der Waals surface area (Å²) < 4.78 is 6.18. The molecule has 0 aromatic heterocycles. The van der Waals surface area contributed by atoms with Crippen LogP contribution in [-0.2, 0) is 11.3 Å². The third-order valence-electron chi connectivity index (χ3n) is 2.87. The Kier molecular flexibility index (Phi) is 5.49. The second-order valence-corrected chi connectivity index (χ2v) is 5.38. The van der Waals surface area contributed by atoms with Crippen LogP contribution in [0.15, 0.2) is 65.7 Å². The molecule has 1 amide bonds. The minimum absolute atomic E-state index is 0.237. The molecule has 0 aliphatic heterocycles. The van der Waals surface area contributed by atoms with E-state index in [4.69, 9.17) is 4.74 Å². The predicted molar refractivity (Wildman–Crippen MR) is 87.6 cm³/mol. The number of carbonyl (C=O) groups is 2. The van der Waals surface area contributed by atoms with Gasteiger partial charge in [-0.2, -0.15) is 0 Å². The molecule has 2 rings (SSSR count). The Morgan fingerprint density at radius 3 is 2.32 bits per heavy atom. The summed E-state index contributed by atoms with van der Waals surface area (Å²) in [7, 11) is 0. The molecule has 0 fully saturated rings. The van der Waals surface area contributed by atoms with E-state index >= 15 is 0 Å². The summed E-state index contributed by atoms with van der Waals surface area (Å²) in [5, 5.41) is 2.66. The lowest BCUT2D eigenvalue weighted by Crippen LogP contribution is -2.20. The molecule has 5 heteroatoms. The number of benzene rings is 2. The monoisotopic (exact) mass is 359 g/mol. The Labute approximate surface area is 136 Å². The van der Waals surface area contributed by atoms with E-state index in [0.717, 1.165) is 10.0 Å². The Bertz CT molecular complexity index is 678. The first-order valence-corrected chi connectivity index (χ1v) is 7.35. The largest absolute Gasteiger partial charge is 0.423 e. The molecule has 0 spiro atoms. The average molecular weight is 360 g/mol. The molecule has 0 saturated carbocycles. The van der Waals surface area contributed by atoms with Crippen molar-refractivity contribution >= 4 is 27.8 Å². The molecule has 0 radical (unpaired) electrons. The highest BCUT2D eigenvalue weighted by molar-refractivity contribution is 9.10. The van der Waals surface area contributed by atoms with Gasteiger partial charge >= 0.3 is 5.97 Å². The lowest BCUT2D eigenvalue weighted by molar-refractivity contribution is -0.116. The second kappa shape index (κ2) is 7.56. The highest BCUT2D eigenvalue weighted by Gasteiger charge is 2.08. The van der Waals surface area contributed by atoms with Crippen LogP contribution in [0.1, 0.15) is 15.9 Å². The van der Waals surface area contributed by atoms with Gasteiger partial charge in [-0.1, -0.05) is 34.6 Å². The fraction of sp³-hybridized carbons (Fsp3) is 0.0588. The fourth-order valence-electron chi connectivity index (χ4n) is 1.69. The number of amides is 1. The smallest absolute Gasteiger partial charge is 0.343 e. The average Bonchev–Trinajstić information content (AvgIpc) is 2.55. The van der Waals surface area contributed by atoms with Crippen molar-refractivity contribution in [3.05, 3.63) is 76.8 Å². The molecule has 0 bridgehead atoms. The molecule has 0 atom stereocenters. The summed E-state index contributed by atoms with van der Waals surface area (Å²) >= 11 is 3.32. The summed E-state index contributed by atoms with van der Waals surface area (Å²) in [6, 6.07) is 13.9. The van der Waals surface area contributed by atoms with Gasteiger partial charge in [-0.25, -0.2) is 4.79 Å². The number of hydrogen-bond donors (Lipinski definition) is 1. The molecule has 1 N–H and O–H groups in total. The van der Waals surface area contributed by atoms with Crippen LogP contribution in [0.5, 0.6) is 5.75 Å². The number of ether oxygens (including phenoxy) is 1. The molecule has 0 aliphatic carbocycles. The lowest BCUT2D eigenvalue weighted by atomic mass is 10.1. The number of halogens is 1. The van der Waals surface area contributed by atoms with Gasteiger partial charge in [0, 0.05) is 11.0 Å². The van der Waals surface area contributed by atoms with E-state index in [1.165, 1.54) is 6.08 Å². The van der Waals surface area contributed by atoms with Gasteiger partial charge in [-0.15, -0.1) is 0 Å². The SMILES string of the molecule is C=CC(=O)NCc1ccc(C(=O)Oc2ccc(Br)cc2)cc1. The Morgan fingerprint density at radius 1 is 1.09 bits per heavy atom. The van der Waals surface area contributed by atoms with Crippen molar-refractivity contribution in [2.24, 2.45) is 0 Å². The van der Waals surface area contributed by atoms with Crippen molar-refractivity contribution in [1.29, 1.82) is 0 Å². The zero-order valence-corrected chi connectivity index (χ0v) is 13.3. The predicted octanol–water partition coefficient (Wildman–Crippen LogP) is 3.47. The van der Waals surface area contributed by atoms with E-state index in [0.29, 0.717) is 17.9 Å². The number of carbonyl (C=O) groups excluding carboxylic acids is 2. The normalized spacial score (nSPS) is 9.86. The zero-order valence-electron chi connectivity index (χ0n) is 11.7. The molecule has 2 aromatic carbocycles. The second-order valence-electron chi connectivity index (χ2n) is 4.46. The maximum Gasteiger partial charge on any atom is 0.343 e. The maximum atomic E-state index is 12.0. The van der Waals surface area contributed by atoms with Gasteiger partial charge in [0.15, 0.2) is 0 Å². The van der Waals surface area contributed by atoms with Gasteiger partial charge < -0.3 is 10.1 Å². The van der Waals surface area contributed by atoms with Crippen LogP contribution < -0.4 is 10.1 Å². The minimum atomic E-state index is -0.427. The van der Waals surface area contributed by atoms with Crippen molar-refractivity contribution in [2.75, 3.05) is 0 Å². The van der Waals surface area contributed by atoms with Gasteiger partial charge in [0.1, 0.15) is 5.75 Å². The van der Waals surface area contributed by atoms with Gasteiger partial charge in [-0.05, 0) is 48.0 Å². The number of rotatable bonds is 5. The molecular formula is C17H14BrNO3. The Morgan fingerprint density at radius 2 is 1.73 bits per heavy atom. The van der Waals surface area contributed by atoms with Gasteiger partial charge in [-0.3, -0.25) is 4.79 Å². The first-order chi connectivity index (χ1) is 10.6. The van der Waals surface area contributed by atoms with Crippen LogP contribution in [0.3, 0.4) is 0 Å². The Hall–Kier alpha value is -2.40. The van der Waals surface area contributed by atoms with Crippen LogP contribution >= 0.6 is 15.9 Å². The molecule has 0 heterocycles. The van der Waals surface area contributed by atoms with Crippen molar-refractivity contribution in [3.8, 4) is 5.75 Å². The van der Waals surface area contributed by atoms with E-state index in [2.05, 4.69) is 27.8 Å². The molecule has 0 aliphatic rings. The van der Waals surface area contributed by atoms with Crippen molar-refractivity contribution < 1.29 is 14.3 Å². The first kappa shape index (κ1) is 16.0. The summed E-state index contributed by atoms with van der Waals surface area (Å²) in [5.41, 5.74) is 1.33. The lowest BCUT2D eigenvalue weighted by Gasteiger charge is -2.06. The van der Waals surface area contributed by atoms with E-state index in [1.807, 2.05) is 0 Å². The van der Waals surface area contributed by atoms with Gasteiger partial charge in [0.25, 0.3) is 0 Å². The van der Waals surface area contributed by atoms with Gasteiger partial charge in [0.2, 0.25) is 5.91 Å². The quantitative estimate of drug-likeness (QED) is 0.505. The van der Waals surface area contributed by atoms with Crippen molar-refractivity contribution in [3.63, 3.8) is 0 Å². The highest BCUT2D eigenvalue weighted by atomic mass is 79.9. The minimum Gasteiger partial charge on any atom is -0.423 e. The summed E-state index contributed by atoms with van der Waals surface area (Å²) in [6.07, 6.45) is 1.21. The number of nitrogens with one attached hydrogen (secondary N) is 1. The van der Waals surface area contributed by atoms with Crippen molar-refractivity contribution in [1.82, 2.24) is 5.32 Å². The molecular weight excluding hydrogens is 346 g/mol. The highest BCUT2D eigenvalue weighted by Crippen LogP contribution is 2.17. The summed E-state index contributed by atoms with van der Waals surface area (Å²) in [4.78, 5) is 23.1. The first-order valence-electron chi connectivity index (χ1n) is 6.55. The van der Waals surface area contributed by atoms with Crippen molar-refractivity contribution in [2.45, 2.75) is 6.54 Å².